The maximum Gasteiger partial charge on any atom is 0.326 e. The van der Waals surface area contributed by atoms with Crippen molar-refractivity contribution in [3.8, 4) is 34.3 Å². The number of rotatable bonds is 3. The number of methoxy groups -OCH3 is 2. The first-order chi connectivity index (χ1) is 16.7. The van der Waals surface area contributed by atoms with Crippen molar-refractivity contribution >= 4 is 16.7 Å². The van der Waals surface area contributed by atoms with Crippen molar-refractivity contribution < 1.29 is 34.2 Å². The van der Waals surface area contributed by atoms with Crippen LogP contribution in [-0.4, -0.2) is 40.4 Å². The number of carbonyl (C=O) groups excluding carboxylic acids is 1. The monoisotopic (exact) mass is 479 g/mol. The summed E-state index contributed by atoms with van der Waals surface area (Å²) < 4.78 is 13.1. The number of hydrogen-bond acceptors (Lipinski definition) is 8. The highest BCUT2D eigenvalue weighted by atomic mass is 16.5. The summed E-state index contributed by atoms with van der Waals surface area (Å²) in [5.74, 6) is -0.355. The van der Waals surface area contributed by atoms with Gasteiger partial charge in [0.2, 0.25) is 5.69 Å². The Bertz CT molecular complexity index is 1540. The third-order valence-corrected chi connectivity index (χ3v) is 5.58. The van der Waals surface area contributed by atoms with Gasteiger partial charge in [0, 0.05) is 18.6 Å². The number of nitrogens with zero attached hydrogens (tertiary/aromatic N) is 1. The third-order valence-electron chi connectivity index (χ3n) is 5.58. The molecule has 0 aliphatic carbocycles. The number of nitrogens with one attached hydrogen (secondary N) is 2. The number of H-pyrrole nitrogens is 2. The molecular weight excluding hydrogens is 458 g/mol. The van der Waals surface area contributed by atoms with Gasteiger partial charge in [-0.1, -0.05) is 0 Å². The number of carbonyl (C=O) groups is 1. The molecular formula is C24H21N3O8. The lowest BCUT2D eigenvalue weighted by Gasteiger charge is -2.17. The van der Waals surface area contributed by atoms with Gasteiger partial charge in [0.25, 0.3) is 5.56 Å². The van der Waals surface area contributed by atoms with Crippen molar-refractivity contribution in [1.29, 1.82) is 0 Å². The van der Waals surface area contributed by atoms with E-state index in [1.807, 2.05) is 22.1 Å². The van der Waals surface area contributed by atoms with Crippen LogP contribution in [0.15, 0.2) is 52.2 Å². The van der Waals surface area contributed by atoms with Gasteiger partial charge in [-0.2, -0.15) is 4.57 Å². The lowest BCUT2D eigenvalue weighted by atomic mass is 9.95. The Balaban J connectivity index is 0.000000221. The van der Waals surface area contributed by atoms with Gasteiger partial charge in [0.15, 0.2) is 35.7 Å². The number of aromatic nitrogens is 3. The third kappa shape index (κ3) is 4.51. The Labute approximate surface area is 197 Å². The van der Waals surface area contributed by atoms with Crippen LogP contribution in [0.25, 0.3) is 22.0 Å². The van der Waals surface area contributed by atoms with Crippen molar-refractivity contribution in [3.63, 3.8) is 0 Å². The molecule has 11 nitrogen and oxygen atoms in total. The van der Waals surface area contributed by atoms with Gasteiger partial charge in [0.05, 0.1) is 36.8 Å². The van der Waals surface area contributed by atoms with Crippen LogP contribution in [0.3, 0.4) is 0 Å². The molecule has 0 saturated carbocycles. The van der Waals surface area contributed by atoms with Crippen molar-refractivity contribution in [2.45, 2.75) is 13.0 Å². The number of phenols is 2. The number of carboxylic acid groups (broad SMARTS) is 1. The molecule has 0 saturated heterocycles. The largest absolute Gasteiger partial charge is 0.543 e. The van der Waals surface area contributed by atoms with E-state index in [4.69, 9.17) is 9.47 Å². The minimum absolute atomic E-state index is 0.0746. The molecule has 0 bridgehead atoms. The average molecular weight is 479 g/mol. The molecule has 35 heavy (non-hydrogen) atoms. The molecule has 0 fully saturated rings. The first kappa shape index (κ1) is 23.4. The maximum absolute atomic E-state index is 10.4. The number of fused-ring (bicyclic) bond motifs is 4. The first-order valence-corrected chi connectivity index (χ1v) is 10.4. The molecule has 0 radical (unpaired) electrons. The van der Waals surface area contributed by atoms with Crippen LogP contribution in [-0.2, 0) is 13.0 Å². The molecule has 3 heterocycles. The van der Waals surface area contributed by atoms with Crippen molar-refractivity contribution in [1.82, 2.24) is 9.97 Å². The molecule has 4 N–H and O–H groups in total. The van der Waals surface area contributed by atoms with E-state index in [0.29, 0.717) is 11.5 Å². The molecule has 1 aliphatic rings. The van der Waals surface area contributed by atoms with Crippen LogP contribution in [0.5, 0.6) is 23.0 Å². The molecule has 11 heteroatoms. The number of phenolic OH excluding ortho intramolecular Hbond substituents is 2. The molecule has 0 amide bonds. The molecule has 4 aromatic rings. The quantitative estimate of drug-likeness (QED) is 0.239. The minimum Gasteiger partial charge on any atom is -0.543 e. The van der Waals surface area contributed by atoms with E-state index in [-0.39, 0.29) is 11.5 Å². The topological polar surface area (TPSA) is 169 Å². The first-order valence-electron chi connectivity index (χ1n) is 10.4. The number of carboxylic acids is 1. The van der Waals surface area contributed by atoms with Crippen LogP contribution in [0, 0.1) is 0 Å². The number of aromatic amines is 2. The smallest absolute Gasteiger partial charge is 0.326 e. The lowest BCUT2D eigenvalue weighted by molar-refractivity contribution is -0.686. The molecule has 2 aromatic carbocycles. The Morgan fingerprint density at radius 3 is 2.43 bits per heavy atom. The highest BCUT2D eigenvalue weighted by Gasteiger charge is 2.26. The second-order valence-electron chi connectivity index (χ2n) is 7.69. The summed E-state index contributed by atoms with van der Waals surface area (Å²) in [6, 6.07) is 9.96. The fraction of sp³-hybridized carbons (Fsp3) is 0.167. The van der Waals surface area contributed by atoms with E-state index in [9.17, 15) is 29.7 Å². The predicted octanol–water partition coefficient (Wildman–Crippen LogP) is 0.206. The fourth-order valence-corrected chi connectivity index (χ4v) is 3.98. The Kier molecular flexibility index (Phi) is 6.15. The van der Waals surface area contributed by atoms with Gasteiger partial charge in [-0.15, -0.1) is 0 Å². The standard InChI is InChI=1S/C19H17NO4.C5H4N2O4/c1-23-18-4-3-11-7-15-13-9-17(22)16(21)8-12(13)5-6-20(15)10-14(11)19(18)24-2;8-3-1-2(4(9)10)6-5(11)7-3/h3-4,7-10,22H,5-6H2,1-2H3;1H,(H,9,10)(H2,6,7,8,11). The van der Waals surface area contributed by atoms with Gasteiger partial charge in [-0.05, 0) is 35.2 Å². The van der Waals surface area contributed by atoms with E-state index < -0.39 is 22.9 Å². The number of pyridine rings is 1. The molecule has 2 aromatic heterocycles. The predicted molar refractivity (Wildman–Crippen MR) is 122 cm³/mol. The number of hydrogen-bond donors (Lipinski definition) is 4. The van der Waals surface area contributed by atoms with Crippen LogP contribution >= 0.6 is 0 Å². The molecule has 0 atom stereocenters. The summed E-state index contributed by atoms with van der Waals surface area (Å²) >= 11 is 0. The van der Waals surface area contributed by atoms with Crippen molar-refractivity contribution in [3.05, 3.63) is 74.7 Å². The normalized spacial score (nSPS) is 11.6. The van der Waals surface area contributed by atoms with E-state index in [1.54, 1.807) is 26.4 Å². The number of aromatic carboxylic acids is 1. The summed E-state index contributed by atoms with van der Waals surface area (Å²) in [6.07, 6.45) is 2.84. The Hall–Kier alpha value is -4.80. The fourth-order valence-electron chi connectivity index (χ4n) is 3.98. The summed E-state index contributed by atoms with van der Waals surface area (Å²) in [7, 11) is 3.26. The zero-order chi connectivity index (χ0) is 25.3. The van der Waals surface area contributed by atoms with E-state index in [1.165, 1.54) is 0 Å². The number of aromatic hydroxyl groups is 2. The molecule has 0 unspecified atom stereocenters. The van der Waals surface area contributed by atoms with Crippen molar-refractivity contribution in [2.75, 3.05) is 14.2 Å². The minimum atomic E-state index is -1.59. The summed E-state index contributed by atoms with van der Waals surface area (Å²) in [5, 5.41) is 31.7. The highest BCUT2D eigenvalue weighted by molar-refractivity contribution is 5.91. The van der Waals surface area contributed by atoms with E-state index in [0.717, 1.165) is 46.6 Å². The van der Waals surface area contributed by atoms with Gasteiger partial charge in [-0.25, -0.2) is 4.79 Å². The number of aryl methyl sites for hydroxylation is 2. The van der Waals surface area contributed by atoms with Crippen LogP contribution in [0.4, 0.5) is 0 Å². The van der Waals surface area contributed by atoms with E-state index in [2.05, 4.69) is 16.8 Å². The Morgan fingerprint density at radius 2 is 1.77 bits per heavy atom. The highest BCUT2D eigenvalue weighted by Crippen LogP contribution is 2.39. The molecule has 1 aliphatic heterocycles. The molecule has 0 spiro atoms. The van der Waals surface area contributed by atoms with Crippen molar-refractivity contribution in [2.24, 2.45) is 0 Å². The van der Waals surface area contributed by atoms with Crippen LogP contribution < -0.4 is 30.4 Å². The molecule has 5 rings (SSSR count). The van der Waals surface area contributed by atoms with Gasteiger partial charge >= 0.3 is 5.69 Å². The zero-order valence-electron chi connectivity index (χ0n) is 18.7. The Morgan fingerprint density at radius 1 is 1.03 bits per heavy atom. The summed E-state index contributed by atoms with van der Waals surface area (Å²) in [5.41, 5.74) is 0.813. The zero-order valence-corrected chi connectivity index (χ0v) is 18.7. The maximum atomic E-state index is 10.4. The lowest BCUT2D eigenvalue weighted by Crippen LogP contribution is -2.40. The average Bonchev–Trinajstić information content (AvgIpc) is 2.82. The summed E-state index contributed by atoms with van der Waals surface area (Å²) in [4.78, 5) is 34.6. The van der Waals surface area contributed by atoms with Crippen LogP contribution in [0.2, 0.25) is 0 Å². The second-order valence-corrected chi connectivity index (χ2v) is 7.69. The summed E-state index contributed by atoms with van der Waals surface area (Å²) in [6.45, 7) is 0.794. The van der Waals surface area contributed by atoms with E-state index >= 15 is 0 Å². The SMILES string of the molecule is COc1ccc2cc3[n+](cc2c1OC)CCc1cc(O)c(O)cc1-3.O=C([O-])c1cc(=O)[nH]c(=O)[nH]1. The van der Waals surface area contributed by atoms with Gasteiger partial charge < -0.3 is 34.6 Å². The second kappa shape index (κ2) is 9.21. The number of ether oxygens (including phenoxy) is 2. The number of benzene rings is 2. The van der Waals surface area contributed by atoms with Crippen LogP contribution in [0.1, 0.15) is 16.1 Å². The van der Waals surface area contributed by atoms with Gasteiger partial charge in [-0.3, -0.25) is 9.78 Å². The molecule has 180 valence electrons. The van der Waals surface area contributed by atoms with Gasteiger partial charge in [0.1, 0.15) is 0 Å².